The van der Waals surface area contributed by atoms with Crippen LogP contribution in [0.1, 0.15) is 21.5 Å². The van der Waals surface area contributed by atoms with Crippen molar-refractivity contribution >= 4 is 17.3 Å². The maximum Gasteiger partial charge on any atom is 0.337 e. The van der Waals surface area contributed by atoms with Crippen molar-refractivity contribution in [3.8, 4) is 0 Å². The number of para-hydroxylation sites is 1. The number of hydrogen-bond acceptors (Lipinski definition) is 4. The molecule has 0 unspecified atom stereocenters. The van der Waals surface area contributed by atoms with Gasteiger partial charge in [-0.05, 0) is 36.2 Å². The molecule has 2 rings (SSSR count). The smallest absolute Gasteiger partial charge is 0.337 e. The number of benzene rings is 2. The molecule has 0 radical (unpaired) electrons. The Morgan fingerprint density at radius 3 is 2.50 bits per heavy atom. The minimum Gasteiger partial charge on any atom is -0.478 e. The van der Waals surface area contributed by atoms with Crippen LogP contribution >= 0.6 is 0 Å². The average Bonchev–Trinajstić information content (AvgIpc) is 2.44. The highest BCUT2D eigenvalue weighted by atomic mass is 16.5. The van der Waals surface area contributed by atoms with E-state index in [0.29, 0.717) is 12.2 Å². The summed E-state index contributed by atoms with van der Waals surface area (Å²) in [6, 6.07) is 12.4. The van der Waals surface area contributed by atoms with Crippen molar-refractivity contribution in [2.24, 2.45) is 0 Å². The van der Waals surface area contributed by atoms with E-state index in [-0.39, 0.29) is 5.56 Å². The lowest BCUT2D eigenvalue weighted by atomic mass is 10.1. The zero-order valence-corrected chi connectivity index (χ0v) is 11.1. The summed E-state index contributed by atoms with van der Waals surface area (Å²) >= 11 is 0. The maximum atomic E-state index is 11.2. The third-order valence-electron chi connectivity index (χ3n) is 3.14. The molecule has 2 aromatic carbocycles. The third kappa shape index (κ3) is 2.96. The van der Waals surface area contributed by atoms with Gasteiger partial charge in [0.15, 0.2) is 0 Å². The first-order chi connectivity index (χ1) is 9.63. The molecule has 0 aliphatic carbocycles. The molecule has 0 saturated carbocycles. The lowest BCUT2D eigenvalue weighted by molar-refractivity contribution is 0.0698. The number of aromatic carboxylic acids is 1. The molecule has 0 aliphatic heterocycles. The van der Waals surface area contributed by atoms with Crippen LogP contribution in [0, 0.1) is 6.92 Å². The normalized spacial score (nSPS) is 10.3. The lowest BCUT2D eigenvalue weighted by Gasteiger charge is -2.14. The molecule has 0 spiro atoms. The number of carboxylic acids is 1. The second-order valence-corrected chi connectivity index (χ2v) is 4.40. The summed E-state index contributed by atoms with van der Waals surface area (Å²) in [6.07, 6.45) is 0. The lowest BCUT2D eigenvalue weighted by Crippen LogP contribution is -2.09. The molecule has 20 heavy (non-hydrogen) atoms. The molecule has 4 N–H and O–H groups in total. The van der Waals surface area contributed by atoms with Crippen molar-refractivity contribution in [1.82, 2.24) is 5.48 Å². The molecule has 104 valence electrons. The molecule has 0 fully saturated rings. The summed E-state index contributed by atoms with van der Waals surface area (Å²) in [4.78, 5) is 11.2. The summed E-state index contributed by atoms with van der Waals surface area (Å²) in [5.41, 5.74) is 5.58. The van der Waals surface area contributed by atoms with Gasteiger partial charge in [0.25, 0.3) is 0 Å². The van der Waals surface area contributed by atoms with E-state index < -0.39 is 5.97 Å². The molecule has 0 atom stereocenters. The fourth-order valence-corrected chi connectivity index (χ4v) is 2.02. The van der Waals surface area contributed by atoms with Crippen LogP contribution in [0.25, 0.3) is 0 Å². The van der Waals surface area contributed by atoms with Crippen molar-refractivity contribution in [2.75, 3.05) is 5.32 Å². The largest absolute Gasteiger partial charge is 0.478 e. The Morgan fingerprint density at radius 1 is 1.10 bits per heavy atom. The summed E-state index contributed by atoms with van der Waals surface area (Å²) in [5, 5.41) is 21.1. The summed E-state index contributed by atoms with van der Waals surface area (Å²) in [7, 11) is 0. The fourth-order valence-electron chi connectivity index (χ4n) is 2.02. The van der Waals surface area contributed by atoms with E-state index in [4.69, 9.17) is 10.3 Å². The van der Waals surface area contributed by atoms with E-state index >= 15 is 0 Å². The Labute approximate surface area is 116 Å². The molecule has 0 aromatic heterocycles. The summed E-state index contributed by atoms with van der Waals surface area (Å²) in [6.45, 7) is 2.25. The minimum absolute atomic E-state index is 0.220. The Morgan fingerprint density at radius 2 is 1.80 bits per heavy atom. The first kappa shape index (κ1) is 14.0. The van der Waals surface area contributed by atoms with E-state index in [1.165, 1.54) is 0 Å². The molecule has 0 amide bonds. The zero-order chi connectivity index (χ0) is 14.5. The topological polar surface area (TPSA) is 81.6 Å². The highest BCUT2D eigenvalue weighted by Gasteiger charge is 2.10. The van der Waals surface area contributed by atoms with E-state index in [1.54, 1.807) is 24.3 Å². The molecule has 5 nitrogen and oxygen atoms in total. The van der Waals surface area contributed by atoms with E-state index in [0.717, 1.165) is 16.8 Å². The van der Waals surface area contributed by atoms with Gasteiger partial charge >= 0.3 is 5.97 Å². The molecule has 0 aliphatic rings. The van der Waals surface area contributed by atoms with Crippen LogP contribution in [-0.4, -0.2) is 16.3 Å². The standard InChI is InChI=1S/C15H16N2O3/c1-10-11(9-16-20)5-4-8-13(10)17-14-7-3-2-6-12(14)15(18)19/h2-8,16-17,20H,9H2,1H3,(H,18,19). The monoisotopic (exact) mass is 272 g/mol. The number of anilines is 2. The van der Waals surface area contributed by atoms with Crippen molar-refractivity contribution in [3.05, 3.63) is 59.2 Å². The van der Waals surface area contributed by atoms with Crippen LogP contribution in [0.5, 0.6) is 0 Å². The highest BCUT2D eigenvalue weighted by Crippen LogP contribution is 2.25. The van der Waals surface area contributed by atoms with Crippen LogP contribution in [0.4, 0.5) is 11.4 Å². The average molecular weight is 272 g/mol. The quantitative estimate of drug-likeness (QED) is 0.629. The van der Waals surface area contributed by atoms with E-state index in [9.17, 15) is 4.79 Å². The summed E-state index contributed by atoms with van der Waals surface area (Å²) in [5.74, 6) is -0.973. The molecule has 0 heterocycles. The van der Waals surface area contributed by atoms with Gasteiger partial charge in [0.1, 0.15) is 0 Å². The third-order valence-corrected chi connectivity index (χ3v) is 3.14. The van der Waals surface area contributed by atoms with Gasteiger partial charge in [-0.1, -0.05) is 24.3 Å². The van der Waals surface area contributed by atoms with Crippen LogP contribution in [0.2, 0.25) is 0 Å². The number of carboxylic acid groups (broad SMARTS) is 1. The van der Waals surface area contributed by atoms with Crippen molar-refractivity contribution in [1.29, 1.82) is 0 Å². The number of hydroxylamine groups is 1. The van der Waals surface area contributed by atoms with Gasteiger partial charge in [-0.15, -0.1) is 0 Å². The van der Waals surface area contributed by atoms with E-state index in [1.807, 2.05) is 25.1 Å². The van der Waals surface area contributed by atoms with Gasteiger partial charge < -0.3 is 15.6 Å². The van der Waals surface area contributed by atoms with Crippen LogP contribution in [0.3, 0.4) is 0 Å². The molecule has 0 saturated heterocycles. The predicted octanol–water partition coefficient (Wildman–Crippen LogP) is 2.92. The fraction of sp³-hybridized carbons (Fsp3) is 0.133. The van der Waals surface area contributed by atoms with Crippen LogP contribution in [-0.2, 0) is 6.54 Å². The first-order valence-corrected chi connectivity index (χ1v) is 6.18. The molecular formula is C15H16N2O3. The summed E-state index contributed by atoms with van der Waals surface area (Å²) < 4.78 is 0. The van der Waals surface area contributed by atoms with Gasteiger partial charge in [0, 0.05) is 12.2 Å². The van der Waals surface area contributed by atoms with Crippen LogP contribution < -0.4 is 10.8 Å². The maximum absolute atomic E-state index is 11.2. The van der Waals surface area contributed by atoms with Gasteiger partial charge in [-0.2, -0.15) is 0 Å². The first-order valence-electron chi connectivity index (χ1n) is 6.18. The van der Waals surface area contributed by atoms with Gasteiger partial charge in [0.05, 0.1) is 11.3 Å². The Bertz CT molecular complexity index is 626. The van der Waals surface area contributed by atoms with Crippen molar-refractivity contribution in [3.63, 3.8) is 0 Å². The second kappa shape index (κ2) is 6.18. The molecule has 5 heteroatoms. The Hall–Kier alpha value is -2.37. The van der Waals surface area contributed by atoms with Crippen LogP contribution in [0.15, 0.2) is 42.5 Å². The van der Waals surface area contributed by atoms with Crippen molar-refractivity contribution in [2.45, 2.75) is 13.5 Å². The predicted molar refractivity (Wildman–Crippen MR) is 76.5 cm³/mol. The number of nitrogens with one attached hydrogen (secondary N) is 2. The van der Waals surface area contributed by atoms with Crippen molar-refractivity contribution < 1.29 is 15.1 Å². The Balaban J connectivity index is 2.36. The minimum atomic E-state index is -0.973. The van der Waals surface area contributed by atoms with E-state index in [2.05, 4.69) is 10.8 Å². The highest BCUT2D eigenvalue weighted by molar-refractivity contribution is 5.95. The number of hydrogen-bond donors (Lipinski definition) is 4. The van der Waals surface area contributed by atoms with Gasteiger partial charge in [0.2, 0.25) is 0 Å². The number of carbonyl (C=O) groups is 1. The number of rotatable bonds is 5. The zero-order valence-electron chi connectivity index (χ0n) is 11.1. The van der Waals surface area contributed by atoms with Gasteiger partial charge in [-0.25, -0.2) is 10.3 Å². The Kier molecular flexibility index (Phi) is 4.34. The molecule has 2 aromatic rings. The van der Waals surface area contributed by atoms with Gasteiger partial charge in [-0.3, -0.25) is 0 Å². The SMILES string of the molecule is Cc1c(CNO)cccc1Nc1ccccc1C(=O)O. The molecule has 0 bridgehead atoms. The second-order valence-electron chi connectivity index (χ2n) is 4.40. The molecular weight excluding hydrogens is 256 g/mol.